The van der Waals surface area contributed by atoms with Crippen molar-refractivity contribution < 1.29 is 4.39 Å². The maximum Gasteiger partial charge on any atom is 0.226 e. The molecular weight excluding hydrogens is 417 g/mol. The fourth-order valence-electron chi connectivity index (χ4n) is 4.73. The number of aromatic nitrogens is 4. The highest BCUT2D eigenvalue weighted by Gasteiger charge is 2.37. The maximum absolute atomic E-state index is 13.5. The lowest BCUT2D eigenvalue weighted by atomic mass is 9.67. The molecule has 3 N–H and O–H groups in total. The molecular formula is C22H25ClFN7. The van der Waals surface area contributed by atoms with E-state index in [1.807, 2.05) is 0 Å². The minimum absolute atomic E-state index is 0.0459. The third-order valence-corrected chi connectivity index (χ3v) is 7.03. The molecule has 31 heavy (non-hydrogen) atoms. The lowest BCUT2D eigenvalue weighted by Crippen LogP contribution is -2.44. The Balaban J connectivity index is 1.37. The minimum atomic E-state index is -0.466. The normalized spacial score (nSPS) is 19.1. The molecule has 1 aliphatic heterocycles. The predicted molar refractivity (Wildman–Crippen MR) is 120 cm³/mol. The molecule has 9 heteroatoms. The Kier molecular flexibility index (Phi) is 5.35. The van der Waals surface area contributed by atoms with Gasteiger partial charge in [-0.25, -0.2) is 24.3 Å². The SMILES string of the molecule is NC1CCC2(CC1)CCN(c1ncc3ncnc(Nc4ccc(F)c(Cl)c4)c3n1)CC2. The minimum Gasteiger partial charge on any atom is -0.341 e. The van der Waals surface area contributed by atoms with Crippen LogP contribution in [-0.4, -0.2) is 39.1 Å². The summed E-state index contributed by atoms with van der Waals surface area (Å²) >= 11 is 5.91. The molecule has 3 heterocycles. The van der Waals surface area contributed by atoms with Crippen molar-refractivity contribution in [3.05, 3.63) is 41.6 Å². The fourth-order valence-corrected chi connectivity index (χ4v) is 4.91. The average molecular weight is 442 g/mol. The number of nitrogens with zero attached hydrogens (tertiary/aromatic N) is 5. The topological polar surface area (TPSA) is 92.9 Å². The second-order valence-electron chi connectivity index (χ2n) is 8.70. The molecule has 7 nitrogen and oxygen atoms in total. The standard InChI is InChI=1S/C22H25ClFN7/c23-16-11-15(1-2-17(16)24)29-20-19-18(27-13-28-20)12-26-21(30-19)31-9-7-22(8-10-31)5-3-14(25)4-6-22/h1-2,11-14H,3-10,25H2,(H,27,28,29). The Hall–Kier alpha value is -2.58. The largest absolute Gasteiger partial charge is 0.341 e. The van der Waals surface area contributed by atoms with Gasteiger partial charge in [0.25, 0.3) is 0 Å². The Labute approximate surface area is 185 Å². The van der Waals surface area contributed by atoms with Gasteiger partial charge in [0.2, 0.25) is 5.95 Å². The monoisotopic (exact) mass is 441 g/mol. The first-order chi connectivity index (χ1) is 15.0. The lowest BCUT2D eigenvalue weighted by molar-refractivity contribution is 0.133. The van der Waals surface area contributed by atoms with E-state index in [2.05, 4.69) is 25.2 Å². The number of piperidine rings is 1. The van der Waals surface area contributed by atoms with Gasteiger partial charge >= 0.3 is 0 Å². The van der Waals surface area contributed by atoms with Crippen LogP contribution in [0, 0.1) is 11.2 Å². The van der Waals surface area contributed by atoms with Gasteiger partial charge in [-0.15, -0.1) is 0 Å². The molecule has 1 saturated carbocycles. The summed E-state index contributed by atoms with van der Waals surface area (Å²) in [6.07, 6.45) is 10.2. The van der Waals surface area contributed by atoms with E-state index in [0.717, 1.165) is 38.8 Å². The first-order valence-corrected chi connectivity index (χ1v) is 11.1. The number of rotatable bonds is 3. The molecule has 3 aromatic rings. The number of halogens is 2. The molecule has 162 valence electrons. The number of anilines is 3. The Morgan fingerprint density at radius 3 is 2.61 bits per heavy atom. The maximum atomic E-state index is 13.5. The van der Waals surface area contributed by atoms with E-state index >= 15 is 0 Å². The van der Waals surface area contributed by atoms with Gasteiger partial charge < -0.3 is 16.0 Å². The quantitative estimate of drug-likeness (QED) is 0.620. The second kappa shape index (κ2) is 8.16. The number of nitrogens with two attached hydrogens (primary N) is 1. The van der Waals surface area contributed by atoms with Crippen molar-refractivity contribution in [3.63, 3.8) is 0 Å². The van der Waals surface area contributed by atoms with Gasteiger partial charge in [-0.2, -0.15) is 0 Å². The van der Waals surface area contributed by atoms with Crippen molar-refractivity contribution in [2.45, 2.75) is 44.6 Å². The van der Waals surface area contributed by atoms with Crippen LogP contribution in [0.25, 0.3) is 11.0 Å². The summed E-state index contributed by atoms with van der Waals surface area (Å²) in [5.41, 5.74) is 8.43. The van der Waals surface area contributed by atoms with Crippen molar-refractivity contribution in [1.82, 2.24) is 19.9 Å². The highest BCUT2D eigenvalue weighted by molar-refractivity contribution is 6.31. The molecule has 1 aromatic carbocycles. The number of hydrogen-bond acceptors (Lipinski definition) is 7. The summed E-state index contributed by atoms with van der Waals surface area (Å²) in [5, 5.41) is 3.22. The van der Waals surface area contributed by atoms with Crippen LogP contribution in [0.2, 0.25) is 5.02 Å². The summed E-state index contributed by atoms with van der Waals surface area (Å²) in [7, 11) is 0. The third kappa shape index (κ3) is 4.14. The van der Waals surface area contributed by atoms with E-state index in [0.29, 0.717) is 39.9 Å². The molecule has 5 rings (SSSR count). The molecule has 0 amide bonds. The average Bonchev–Trinajstić information content (AvgIpc) is 2.79. The van der Waals surface area contributed by atoms with E-state index < -0.39 is 5.82 Å². The molecule has 2 aliphatic rings. The number of benzene rings is 1. The molecule has 0 bridgehead atoms. The smallest absolute Gasteiger partial charge is 0.226 e. The van der Waals surface area contributed by atoms with Gasteiger partial charge in [0, 0.05) is 24.8 Å². The van der Waals surface area contributed by atoms with Crippen LogP contribution in [0.4, 0.5) is 21.8 Å². The molecule has 2 fully saturated rings. The summed E-state index contributed by atoms with van der Waals surface area (Å²) in [5.74, 6) is 0.753. The molecule has 2 aromatic heterocycles. The summed E-state index contributed by atoms with van der Waals surface area (Å²) < 4.78 is 13.5. The van der Waals surface area contributed by atoms with E-state index in [1.54, 1.807) is 12.3 Å². The van der Waals surface area contributed by atoms with E-state index in [4.69, 9.17) is 22.3 Å². The Morgan fingerprint density at radius 2 is 1.87 bits per heavy atom. The van der Waals surface area contributed by atoms with Crippen LogP contribution in [0.1, 0.15) is 38.5 Å². The van der Waals surface area contributed by atoms with Crippen LogP contribution in [0.5, 0.6) is 0 Å². The zero-order chi connectivity index (χ0) is 21.4. The zero-order valence-corrected chi connectivity index (χ0v) is 17.9. The van der Waals surface area contributed by atoms with Crippen molar-refractivity contribution in [2.75, 3.05) is 23.3 Å². The Morgan fingerprint density at radius 1 is 1.10 bits per heavy atom. The van der Waals surface area contributed by atoms with Crippen LogP contribution in [-0.2, 0) is 0 Å². The van der Waals surface area contributed by atoms with E-state index in [-0.39, 0.29) is 5.02 Å². The van der Waals surface area contributed by atoms with Gasteiger partial charge in [0.15, 0.2) is 5.82 Å². The molecule has 0 unspecified atom stereocenters. The van der Waals surface area contributed by atoms with Gasteiger partial charge in [-0.1, -0.05) is 11.6 Å². The number of nitrogens with one attached hydrogen (secondary N) is 1. The second-order valence-corrected chi connectivity index (χ2v) is 9.11. The van der Waals surface area contributed by atoms with Gasteiger partial charge in [0.05, 0.1) is 11.2 Å². The predicted octanol–water partition coefficient (Wildman–Crippen LogP) is 4.44. The number of fused-ring (bicyclic) bond motifs is 1. The fraction of sp³-hybridized carbons (Fsp3) is 0.455. The lowest BCUT2D eigenvalue weighted by Gasteiger charge is -2.45. The van der Waals surface area contributed by atoms with E-state index in [1.165, 1.54) is 31.3 Å². The summed E-state index contributed by atoms with van der Waals surface area (Å²) in [6.45, 7) is 1.87. The summed E-state index contributed by atoms with van der Waals surface area (Å²) in [6, 6.07) is 4.81. The van der Waals surface area contributed by atoms with Crippen LogP contribution >= 0.6 is 11.6 Å². The van der Waals surface area contributed by atoms with Crippen molar-refractivity contribution >= 4 is 40.1 Å². The third-order valence-electron chi connectivity index (χ3n) is 6.74. The van der Waals surface area contributed by atoms with Gasteiger partial charge in [-0.3, -0.25) is 0 Å². The van der Waals surface area contributed by atoms with Gasteiger partial charge in [0.1, 0.15) is 23.2 Å². The Bertz CT molecular complexity index is 1090. The van der Waals surface area contributed by atoms with Gasteiger partial charge in [-0.05, 0) is 62.1 Å². The van der Waals surface area contributed by atoms with Crippen molar-refractivity contribution in [2.24, 2.45) is 11.1 Å². The van der Waals surface area contributed by atoms with Crippen molar-refractivity contribution in [1.29, 1.82) is 0 Å². The highest BCUT2D eigenvalue weighted by Crippen LogP contribution is 2.44. The number of hydrogen-bond donors (Lipinski definition) is 2. The van der Waals surface area contributed by atoms with Crippen LogP contribution in [0.3, 0.4) is 0 Å². The van der Waals surface area contributed by atoms with E-state index in [9.17, 15) is 4.39 Å². The highest BCUT2D eigenvalue weighted by atomic mass is 35.5. The van der Waals surface area contributed by atoms with Crippen molar-refractivity contribution in [3.8, 4) is 0 Å². The first-order valence-electron chi connectivity index (χ1n) is 10.7. The molecule has 1 saturated heterocycles. The molecule has 1 aliphatic carbocycles. The van der Waals surface area contributed by atoms with Crippen LogP contribution < -0.4 is 16.0 Å². The summed E-state index contributed by atoms with van der Waals surface area (Å²) in [4.78, 5) is 20.2. The first kappa shape index (κ1) is 20.3. The molecule has 0 radical (unpaired) electrons. The molecule has 0 atom stereocenters. The zero-order valence-electron chi connectivity index (χ0n) is 17.2. The van der Waals surface area contributed by atoms with Crippen LogP contribution in [0.15, 0.2) is 30.7 Å². The molecule has 1 spiro atoms.